The molecule has 5 fully saturated rings. The largest absolute Gasteiger partial charge is 1.00 e. The van der Waals surface area contributed by atoms with Crippen LogP contribution >= 0.6 is 0 Å². The van der Waals surface area contributed by atoms with E-state index in [1.807, 2.05) is 8.85 Å². The quantitative estimate of drug-likeness (QED) is 0.240. The molecule has 0 N–H and O–H groups in total. The first-order chi connectivity index (χ1) is 28.2. The van der Waals surface area contributed by atoms with E-state index in [2.05, 4.69) is 172 Å². The fraction of sp³-hybridized carbons (Fsp3) is 0.500. The summed E-state index contributed by atoms with van der Waals surface area (Å²) in [5.74, 6) is 5.53. The molecule has 61 heavy (non-hydrogen) atoms. The van der Waals surface area contributed by atoms with Crippen molar-refractivity contribution < 1.29 is 46.1 Å². The molecule has 0 amide bonds. The first-order valence-electron chi connectivity index (χ1n) is 23.7. The fourth-order valence-corrected chi connectivity index (χ4v) is 28.0. The second-order valence-corrected chi connectivity index (χ2v) is 29.7. The van der Waals surface area contributed by atoms with Crippen molar-refractivity contribution in [1.82, 2.24) is 0 Å². The van der Waals surface area contributed by atoms with Crippen LogP contribution in [-0.4, -0.2) is 3.21 Å². The van der Waals surface area contributed by atoms with Gasteiger partial charge in [0.05, 0.1) is 0 Å². The molecule has 0 saturated heterocycles. The molecule has 318 valence electrons. The molecule has 5 saturated carbocycles. The van der Waals surface area contributed by atoms with Crippen molar-refractivity contribution in [3.8, 4) is 0 Å². The number of halogens is 2. The van der Waals surface area contributed by atoms with E-state index in [-0.39, 0.29) is 49.6 Å². The predicted molar refractivity (Wildman–Crippen MR) is 246 cm³/mol. The summed E-state index contributed by atoms with van der Waals surface area (Å²) >= 11 is -3.20. The van der Waals surface area contributed by atoms with Crippen molar-refractivity contribution in [2.45, 2.75) is 117 Å². The van der Waals surface area contributed by atoms with Gasteiger partial charge in [0.2, 0.25) is 0 Å². The molecule has 3 heteroatoms. The molecule has 4 unspecified atom stereocenters. The molecule has 0 aromatic heterocycles. The van der Waals surface area contributed by atoms with E-state index < -0.39 is 21.3 Å². The van der Waals surface area contributed by atoms with E-state index >= 15 is 0 Å². The Morgan fingerprint density at radius 1 is 0.656 bits per heavy atom. The minimum absolute atomic E-state index is 0. The topological polar surface area (TPSA) is 0 Å². The van der Waals surface area contributed by atoms with Gasteiger partial charge in [-0.2, -0.15) is 0 Å². The van der Waals surface area contributed by atoms with Crippen LogP contribution in [0.2, 0.25) is 3.12 Å². The SMILES string of the molecule is CC1C=C(C2C3CC4CC(C3)CC2C4)C=[C]1[Zr+2](=[C](c1ccccc1)c1ccccc1)[C]1(C)C2=C3Cc4ccccc4C3=C3C=CCCC3C2(C)C(C)(C)C(C)(C)C1(C)C.[Cl-].[Cl-]. The van der Waals surface area contributed by atoms with E-state index in [0.29, 0.717) is 11.8 Å². The van der Waals surface area contributed by atoms with Crippen molar-refractivity contribution in [1.29, 1.82) is 0 Å². The van der Waals surface area contributed by atoms with Crippen molar-refractivity contribution in [2.24, 2.45) is 63.1 Å². The van der Waals surface area contributed by atoms with Crippen LogP contribution in [0.1, 0.15) is 130 Å². The van der Waals surface area contributed by atoms with Crippen molar-refractivity contribution in [3.63, 3.8) is 0 Å². The molecule has 0 radical (unpaired) electrons. The van der Waals surface area contributed by atoms with Gasteiger partial charge >= 0.3 is 367 Å². The number of hydrogen-bond acceptors (Lipinski definition) is 0. The molecular formula is C58H68Cl2Zr. The first kappa shape index (κ1) is 43.9. The maximum absolute atomic E-state index is 3.20. The number of hydrogen-bond donors (Lipinski definition) is 0. The van der Waals surface area contributed by atoms with Crippen molar-refractivity contribution >= 4 is 8.78 Å². The molecule has 0 nitrogen and oxygen atoms in total. The summed E-state index contributed by atoms with van der Waals surface area (Å²) < 4.78 is 3.56. The second kappa shape index (κ2) is 15.1. The number of fused-ring (bicyclic) bond motifs is 6. The molecule has 0 aliphatic heterocycles. The number of allylic oxidation sites excluding steroid dienone is 10. The Hall–Kier alpha value is -2.31. The summed E-state index contributed by atoms with van der Waals surface area (Å²) in [6.07, 6.45) is 21.9. The Labute approximate surface area is 388 Å². The third-order valence-corrected chi connectivity index (χ3v) is 30.4. The zero-order valence-corrected chi connectivity index (χ0v) is 42.3. The molecule has 9 aliphatic rings. The Bertz CT molecular complexity index is 2380. The normalized spacial score (nSPS) is 35.0. The van der Waals surface area contributed by atoms with Gasteiger partial charge in [-0.25, -0.2) is 0 Å². The van der Waals surface area contributed by atoms with Crippen LogP contribution in [0, 0.1) is 63.1 Å². The molecule has 3 aromatic carbocycles. The van der Waals surface area contributed by atoms with Crippen LogP contribution in [0.3, 0.4) is 0 Å². The predicted octanol–water partition coefficient (Wildman–Crippen LogP) is 8.98. The van der Waals surface area contributed by atoms with Gasteiger partial charge in [0.25, 0.3) is 0 Å². The van der Waals surface area contributed by atoms with Gasteiger partial charge in [0.1, 0.15) is 0 Å². The summed E-state index contributed by atoms with van der Waals surface area (Å²) in [4.78, 5) is 0. The van der Waals surface area contributed by atoms with Gasteiger partial charge in [-0.15, -0.1) is 0 Å². The molecule has 4 bridgehead atoms. The van der Waals surface area contributed by atoms with E-state index in [0.717, 1.165) is 36.0 Å². The molecule has 9 aliphatic carbocycles. The van der Waals surface area contributed by atoms with Gasteiger partial charge in [0, 0.05) is 0 Å². The average Bonchev–Trinajstić information content (AvgIpc) is 3.79. The summed E-state index contributed by atoms with van der Waals surface area (Å²) in [7, 11) is 0. The Balaban J connectivity index is 0.00000238. The summed E-state index contributed by atoms with van der Waals surface area (Å²) in [6.45, 7) is 24.7. The van der Waals surface area contributed by atoms with Crippen molar-refractivity contribution in [2.75, 3.05) is 0 Å². The maximum Gasteiger partial charge on any atom is -1.00 e. The maximum atomic E-state index is 2.95. The second-order valence-electron chi connectivity index (χ2n) is 22.7. The van der Waals surface area contributed by atoms with Gasteiger partial charge in [-0.1, -0.05) is 0 Å². The third-order valence-electron chi connectivity index (χ3n) is 20.3. The van der Waals surface area contributed by atoms with Crippen LogP contribution in [0.15, 0.2) is 135 Å². The molecule has 0 spiro atoms. The van der Waals surface area contributed by atoms with Gasteiger partial charge in [-0.3, -0.25) is 0 Å². The van der Waals surface area contributed by atoms with E-state index in [1.54, 1.807) is 31.1 Å². The zero-order valence-electron chi connectivity index (χ0n) is 38.3. The minimum atomic E-state index is -3.20. The number of benzene rings is 3. The van der Waals surface area contributed by atoms with Gasteiger partial charge < -0.3 is 24.8 Å². The van der Waals surface area contributed by atoms with Crippen LogP contribution in [-0.2, 0) is 27.7 Å². The average molecular weight is 927 g/mol. The zero-order chi connectivity index (χ0) is 40.9. The van der Waals surface area contributed by atoms with E-state index in [4.69, 9.17) is 0 Å². The van der Waals surface area contributed by atoms with E-state index in [1.165, 1.54) is 61.6 Å². The molecule has 4 atom stereocenters. The number of rotatable bonds is 5. The Morgan fingerprint density at radius 2 is 1.23 bits per heavy atom. The summed E-state index contributed by atoms with van der Waals surface area (Å²) in [5, 5.41) is 0. The van der Waals surface area contributed by atoms with Gasteiger partial charge in [-0.05, 0) is 0 Å². The van der Waals surface area contributed by atoms with E-state index in [9.17, 15) is 0 Å². The molecule has 3 aromatic rings. The van der Waals surface area contributed by atoms with Crippen LogP contribution in [0.5, 0.6) is 0 Å². The van der Waals surface area contributed by atoms with Gasteiger partial charge in [0.15, 0.2) is 0 Å². The standard InChI is InChI=1S/C29H37.C16H21.C13H10.2ClH.Zr/c1-18-25-22-17-19-13-9-10-14-20(19)24(22)21-15-11-12-16-23(21)29(25,8)28(6,7)27(4,5)26(18,2)3;1-10-2-3-13(4-10)16-14-6-11-5-12(8-14)9-15(16)7-11;1-3-7-12(8-4-1)11-13-9-5-2-6-10-13;;;/h9-11,13-15,23H,12,16-17H2,1-8H3;3-4,10-12,14-16H,5-9H2,1H3;1-10H;2*1H;/q;;;;;+2/p-2. The van der Waals surface area contributed by atoms with Crippen LogP contribution < -0.4 is 24.8 Å². The monoisotopic (exact) mass is 924 g/mol. The Kier molecular flexibility index (Phi) is 10.9. The minimum Gasteiger partial charge on any atom is -1.00 e. The summed E-state index contributed by atoms with van der Waals surface area (Å²) in [5.41, 5.74) is 14.7. The van der Waals surface area contributed by atoms with Crippen molar-refractivity contribution in [3.05, 3.63) is 157 Å². The van der Waals surface area contributed by atoms with Crippen LogP contribution in [0.25, 0.3) is 5.57 Å². The molecule has 12 rings (SSSR count). The fourth-order valence-electron chi connectivity index (χ4n) is 16.4. The summed E-state index contributed by atoms with van der Waals surface area (Å²) in [6, 6.07) is 33.3. The van der Waals surface area contributed by atoms with Crippen LogP contribution in [0.4, 0.5) is 0 Å². The smallest absolute Gasteiger partial charge is 1.00 e. The first-order valence-corrected chi connectivity index (χ1v) is 27.4. The third kappa shape index (κ3) is 5.80. The Morgan fingerprint density at radius 3 is 1.84 bits per heavy atom. The molecular weight excluding hydrogens is 859 g/mol. The molecule has 0 heterocycles.